The van der Waals surface area contributed by atoms with Gasteiger partial charge in [0.05, 0.1) is 5.69 Å². The fourth-order valence-electron chi connectivity index (χ4n) is 2.53. The third kappa shape index (κ3) is 4.32. The number of nitrogens with two attached hydrogens (primary N) is 1. The summed E-state index contributed by atoms with van der Waals surface area (Å²) in [5, 5.41) is 12.7. The monoisotopic (exact) mass is 427 g/mol. The minimum Gasteiger partial charge on any atom is -0.398 e. The quantitative estimate of drug-likeness (QED) is 0.644. The number of rotatable bonds is 4. The molecule has 1 saturated heterocycles. The van der Waals surface area contributed by atoms with E-state index in [0.717, 1.165) is 46.4 Å². The van der Waals surface area contributed by atoms with Gasteiger partial charge >= 0.3 is 0 Å². The van der Waals surface area contributed by atoms with Gasteiger partial charge in [0, 0.05) is 47.8 Å². The molecule has 20 heavy (non-hydrogen) atoms. The van der Waals surface area contributed by atoms with Gasteiger partial charge in [-0.05, 0) is 40.0 Å². The van der Waals surface area contributed by atoms with Crippen molar-refractivity contribution in [2.75, 3.05) is 38.5 Å². The Balaban J connectivity index is 0.00000200. The second-order valence-electron chi connectivity index (χ2n) is 4.70. The Kier molecular flexibility index (Phi) is 7.79. The van der Waals surface area contributed by atoms with Crippen molar-refractivity contribution >= 4 is 50.0 Å². The maximum atomic E-state index is 9.35. The van der Waals surface area contributed by atoms with Crippen LogP contribution >= 0.6 is 44.3 Å². The number of aliphatic hydroxyl groups excluding tert-OH is 1. The number of aliphatic hydroxyl groups is 1. The third-order valence-electron chi connectivity index (χ3n) is 3.48. The Hall–Kier alpha value is 0.150. The molecular weight excluding hydrogens is 409 g/mol. The molecule has 0 bridgehead atoms. The van der Waals surface area contributed by atoms with Gasteiger partial charge in [-0.2, -0.15) is 0 Å². The van der Waals surface area contributed by atoms with E-state index in [4.69, 9.17) is 5.73 Å². The average Bonchev–Trinajstić information content (AvgIpc) is 2.41. The number of hydrogen-bond acceptors (Lipinski definition) is 4. The molecule has 1 atom stereocenters. The normalized spacial score (nSPS) is 17.6. The Morgan fingerprint density at radius 2 is 1.95 bits per heavy atom. The summed E-state index contributed by atoms with van der Waals surface area (Å²) in [5.74, 6) is 0. The first-order valence-corrected chi connectivity index (χ1v) is 8.02. The second kappa shape index (κ2) is 8.56. The molecular formula is C13H20Br2ClN3O. The molecule has 4 nitrogen and oxygen atoms in total. The topological polar surface area (TPSA) is 61.5 Å². The van der Waals surface area contributed by atoms with E-state index < -0.39 is 0 Å². The number of nitrogens with zero attached hydrogens (tertiary/aromatic N) is 1. The van der Waals surface area contributed by atoms with Crippen LogP contribution in [0.15, 0.2) is 21.1 Å². The van der Waals surface area contributed by atoms with Gasteiger partial charge in [0.2, 0.25) is 0 Å². The molecule has 7 heteroatoms. The molecule has 2 rings (SSSR count). The average molecular weight is 430 g/mol. The standard InChI is InChI=1S/C13H19Br2N3O.ClH/c14-9-7-10(13(16)11(15)8-9)12(1-6-19)18-4-2-17-3-5-18;/h7-8,12,17,19H,1-6,16H2;1H/t12-;/m1./s1. The molecule has 0 spiro atoms. The number of anilines is 1. The van der Waals surface area contributed by atoms with E-state index in [-0.39, 0.29) is 25.1 Å². The molecule has 1 aromatic carbocycles. The van der Waals surface area contributed by atoms with Crippen molar-refractivity contribution in [2.24, 2.45) is 0 Å². The molecule has 4 N–H and O–H groups in total. The zero-order valence-corrected chi connectivity index (χ0v) is 15.1. The lowest BCUT2D eigenvalue weighted by molar-refractivity contribution is 0.141. The first kappa shape index (κ1) is 18.2. The van der Waals surface area contributed by atoms with E-state index in [9.17, 15) is 5.11 Å². The molecule has 0 aliphatic carbocycles. The van der Waals surface area contributed by atoms with E-state index >= 15 is 0 Å². The van der Waals surface area contributed by atoms with Crippen LogP contribution in [0.1, 0.15) is 18.0 Å². The Labute approximate surface area is 142 Å². The van der Waals surface area contributed by atoms with Crippen molar-refractivity contribution in [1.29, 1.82) is 0 Å². The Morgan fingerprint density at radius 3 is 2.55 bits per heavy atom. The van der Waals surface area contributed by atoms with Crippen LogP contribution < -0.4 is 11.1 Å². The molecule has 1 heterocycles. The van der Waals surface area contributed by atoms with Crippen molar-refractivity contribution < 1.29 is 5.11 Å². The van der Waals surface area contributed by atoms with Crippen LogP contribution in [0.4, 0.5) is 5.69 Å². The minimum absolute atomic E-state index is 0. The largest absolute Gasteiger partial charge is 0.398 e. The molecule has 0 aromatic heterocycles. The van der Waals surface area contributed by atoms with Crippen LogP contribution in [0.25, 0.3) is 0 Å². The third-order valence-corrected chi connectivity index (χ3v) is 4.59. The lowest BCUT2D eigenvalue weighted by Crippen LogP contribution is -2.45. The molecule has 1 aliphatic rings. The minimum atomic E-state index is 0. The molecule has 0 radical (unpaired) electrons. The summed E-state index contributed by atoms with van der Waals surface area (Å²) in [4.78, 5) is 2.39. The van der Waals surface area contributed by atoms with Crippen molar-refractivity contribution in [1.82, 2.24) is 10.2 Å². The first-order chi connectivity index (χ1) is 9.13. The summed E-state index contributed by atoms with van der Waals surface area (Å²) in [7, 11) is 0. The maximum Gasteiger partial charge on any atom is 0.0507 e. The predicted molar refractivity (Wildman–Crippen MR) is 92.4 cm³/mol. The maximum absolute atomic E-state index is 9.35. The van der Waals surface area contributed by atoms with Gasteiger partial charge in [-0.3, -0.25) is 4.90 Å². The lowest BCUT2D eigenvalue weighted by atomic mass is 9.99. The zero-order chi connectivity index (χ0) is 13.8. The van der Waals surface area contributed by atoms with Crippen molar-refractivity contribution in [3.63, 3.8) is 0 Å². The van der Waals surface area contributed by atoms with Crippen molar-refractivity contribution in [3.8, 4) is 0 Å². The fraction of sp³-hybridized carbons (Fsp3) is 0.538. The van der Waals surface area contributed by atoms with Gasteiger partial charge in [-0.15, -0.1) is 12.4 Å². The van der Waals surface area contributed by atoms with Crippen LogP contribution in [0.3, 0.4) is 0 Å². The van der Waals surface area contributed by atoms with Gasteiger partial charge in [-0.1, -0.05) is 15.9 Å². The molecule has 0 amide bonds. The molecule has 0 saturated carbocycles. The van der Waals surface area contributed by atoms with Crippen LogP contribution in [-0.2, 0) is 0 Å². The highest BCUT2D eigenvalue weighted by Gasteiger charge is 2.24. The van der Waals surface area contributed by atoms with Crippen LogP contribution in [0, 0.1) is 0 Å². The number of nitrogens with one attached hydrogen (secondary N) is 1. The highest BCUT2D eigenvalue weighted by Crippen LogP contribution is 2.36. The van der Waals surface area contributed by atoms with Crippen LogP contribution in [0.2, 0.25) is 0 Å². The van der Waals surface area contributed by atoms with E-state index in [1.54, 1.807) is 0 Å². The predicted octanol–water partition coefficient (Wildman–Crippen LogP) is 2.54. The van der Waals surface area contributed by atoms with Gasteiger partial charge in [0.25, 0.3) is 0 Å². The lowest BCUT2D eigenvalue weighted by Gasteiger charge is -2.35. The summed E-state index contributed by atoms with van der Waals surface area (Å²) in [6.07, 6.45) is 0.701. The van der Waals surface area contributed by atoms with Gasteiger partial charge in [0.1, 0.15) is 0 Å². The molecule has 1 fully saturated rings. The van der Waals surface area contributed by atoms with E-state index in [1.807, 2.05) is 6.07 Å². The smallest absolute Gasteiger partial charge is 0.0507 e. The molecule has 1 aliphatic heterocycles. The summed E-state index contributed by atoms with van der Waals surface area (Å²) in [5.41, 5.74) is 8.04. The Morgan fingerprint density at radius 1 is 1.30 bits per heavy atom. The van der Waals surface area contributed by atoms with Crippen molar-refractivity contribution in [2.45, 2.75) is 12.5 Å². The number of halogens is 3. The Bertz CT molecular complexity index is 442. The van der Waals surface area contributed by atoms with Crippen molar-refractivity contribution in [3.05, 3.63) is 26.6 Å². The summed E-state index contributed by atoms with van der Waals surface area (Å²) in [6.45, 7) is 4.09. The number of nitrogen functional groups attached to an aromatic ring is 1. The summed E-state index contributed by atoms with van der Waals surface area (Å²) >= 11 is 7.00. The van der Waals surface area contributed by atoms with Gasteiger partial charge in [-0.25, -0.2) is 0 Å². The SMILES string of the molecule is Cl.Nc1c(Br)cc(Br)cc1[C@@H](CCO)N1CCNCC1. The number of hydrogen-bond donors (Lipinski definition) is 3. The molecule has 0 unspecified atom stereocenters. The van der Waals surface area contributed by atoms with Gasteiger partial charge < -0.3 is 16.2 Å². The fourth-order valence-corrected chi connectivity index (χ4v) is 3.79. The first-order valence-electron chi connectivity index (χ1n) is 6.43. The summed E-state index contributed by atoms with van der Waals surface area (Å²) < 4.78 is 1.90. The highest BCUT2D eigenvalue weighted by molar-refractivity contribution is 9.11. The summed E-state index contributed by atoms with van der Waals surface area (Å²) in [6, 6.07) is 4.18. The van der Waals surface area contributed by atoms with Crippen LogP contribution in [-0.4, -0.2) is 42.8 Å². The van der Waals surface area contributed by atoms with E-state index in [2.05, 4.69) is 48.1 Å². The van der Waals surface area contributed by atoms with E-state index in [1.165, 1.54) is 0 Å². The molecule has 114 valence electrons. The number of piperazine rings is 1. The number of benzene rings is 1. The van der Waals surface area contributed by atoms with Gasteiger partial charge in [0.15, 0.2) is 0 Å². The van der Waals surface area contributed by atoms with Crippen LogP contribution in [0.5, 0.6) is 0 Å². The van der Waals surface area contributed by atoms with E-state index in [0.29, 0.717) is 6.42 Å². The zero-order valence-electron chi connectivity index (χ0n) is 11.1. The second-order valence-corrected chi connectivity index (χ2v) is 6.47. The highest BCUT2D eigenvalue weighted by atomic mass is 79.9. The molecule has 1 aromatic rings.